The number of hydrogen-bond acceptors (Lipinski definition) is 8. The van der Waals surface area contributed by atoms with Gasteiger partial charge in [-0.1, -0.05) is 23.5 Å². The molecular weight excluding hydrogens is 412 g/mol. The number of nitrogens with zero attached hydrogens (tertiary/aromatic N) is 5. The van der Waals surface area contributed by atoms with Gasteiger partial charge < -0.3 is 5.32 Å². The van der Waals surface area contributed by atoms with Crippen LogP contribution < -0.4 is 5.32 Å². The number of hydrogen-bond donors (Lipinski definition) is 1. The van der Waals surface area contributed by atoms with E-state index in [0.29, 0.717) is 10.8 Å². The Kier molecular flexibility index (Phi) is 4.68. The number of carbonyl (C=O) groups excluding carboxylic acids is 1. The van der Waals surface area contributed by atoms with Crippen LogP contribution in [0.25, 0.3) is 15.3 Å². The maximum absolute atomic E-state index is 12.7. The molecule has 0 fully saturated rings. The molecule has 0 unspecified atom stereocenters. The van der Waals surface area contributed by atoms with Gasteiger partial charge in [-0.25, -0.2) is 4.98 Å². The summed E-state index contributed by atoms with van der Waals surface area (Å²) >= 11 is 1.37. The van der Waals surface area contributed by atoms with Crippen molar-refractivity contribution < 1.29 is 14.6 Å². The molecule has 2 heterocycles. The third kappa shape index (κ3) is 3.58. The van der Waals surface area contributed by atoms with E-state index in [4.69, 9.17) is 0 Å². The fourth-order valence-electron chi connectivity index (χ4n) is 2.81. The molecule has 4 rings (SSSR count). The van der Waals surface area contributed by atoms with Crippen molar-refractivity contribution in [3.05, 3.63) is 80.0 Å². The number of carbonyl (C=O) groups is 1. The van der Waals surface area contributed by atoms with Crippen LogP contribution in [0.4, 0.5) is 17.2 Å². The summed E-state index contributed by atoms with van der Waals surface area (Å²) < 4.78 is 2.39. The zero-order chi connectivity index (χ0) is 21.4. The van der Waals surface area contributed by atoms with Crippen LogP contribution in [0.3, 0.4) is 0 Å². The van der Waals surface area contributed by atoms with Crippen molar-refractivity contribution >= 4 is 44.7 Å². The summed E-state index contributed by atoms with van der Waals surface area (Å²) in [6.45, 7) is 1.73. The van der Waals surface area contributed by atoms with Gasteiger partial charge in [-0.3, -0.25) is 25.0 Å². The average molecular weight is 424 g/mol. The summed E-state index contributed by atoms with van der Waals surface area (Å²) in [7, 11) is 0. The molecule has 0 aliphatic carbocycles. The second-order valence-electron chi connectivity index (χ2n) is 6.25. The summed E-state index contributed by atoms with van der Waals surface area (Å²) in [6, 6.07) is 11.9. The molecule has 0 saturated heterocycles. The standard InChI is InChI=1S/C18H12N6O5S/c1-10-6-16(22(21-10)18-19-14-4-2-3-5-15(14)30-18)20-17(25)11-7-12(23(26)27)9-13(8-11)24(28)29/h2-9H,1H3,(H,20,25). The quantitative estimate of drug-likeness (QED) is 0.378. The third-order valence-electron chi connectivity index (χ3n) is 4.12. The number of aromatic nitrogens is 3. The Balaban J connectivity index is 1.71. The van der Waals surface area contributed by atoms with Gasteiger partial charge in [0, 0.05) is 18.2 Å². The molecule has 0 saturated carbocycles. The zero-order valence-corrected chi connectivity index (χ0v) is 16.1. The maximum atomic E-state index is 12.7. The minimum atomic E-state index is -0.792. The summed E-state index contributed by atoms with van der Waals surface area (Å²) in [5.41, 5.74) is 0.0628. The first kappa shape index (κ1) is 19.1. The molecule has 11 nitrogen and oxygen atoms in total. The SMILES string of the molecule is Cc1cc(NC(=O)c2cc([N+](=O)[O-])cc([N+](=O)[O-])c2)n(-c2nc3ccccc3s2)n1. The van der Waals surface area contributed by atoms with Crippen LogP contribution in [0.5, 0.6) is 0 Å². The number of para-hydroxylation sites is 1. The molecule has 0 atom stereocenters. The second-order valence-corrected chi connectivity index (χ2v) is 7.26. The van der Waals surface area contributed by atoms with Gasteiger partial charge in [0.1, 0.15) is 5.82 Å². The molecule has 1 N–H and O–H groups in total. The predicted molar refractivity (Wildman–Crippen MR) is 109 cm³/mol. The lowest BCUT2D eigenvalue weighted by molar-refractivity contribution is -0.394. The Bertz CT molecular complexity index is 1260. The van der Waals surface area contributed by atoms with E-state index in [2.05, 4.69) is 15.4 Å². The molecule has 0 bridgehead atoms. The molecule has 0 spiro atoms. The summed E-state index contributed by atoms with van der Waals surface area (Å²) in [5.74, 6) is -0.463. The molecular formula is C18H12N6O5S. The van der Waals surface area contributed by atoms with Crippen molar-refractivity contribution in [3.8, 4) is 5.13 Å². The van der Waals surface area contributed by atoms with Crippen LogP contribution in [0.2, 0.25) is 0 Å². The Labute approximate surface area is 171 Å². The number of nitrogens with one attached hydrogen (secondary N) is 1. The van der Waals surface area contributed by atoms with E-state index in [9.17, 15) is 25.0 Å². The maximum Gasteiger partial charge on any atom is 0.277 e. The summed E-state index contributed by atoms with van der Waals surface area (Å²) in [4.78, 5) is 37.8. The number of aryl methyl sites for hydroxylation is 1. The Morgan fingerprint density at radius 1 is 1.07 bits per heavy atom. The molecule has 2 aromatic carbocycles. The first-order valence-electron chi connectivity index (χ1n) is 8.49. The number of anilines is 1. The van der Waals surface area contributed by atoms with Crippen molar-refractivity contribution in [3.63, 3.8) is 0 Å². The number of non-ortho nitro benzene ring substituents is 2. The fourth-order valence-corrected chi connectivity index (χ4v) is 3.74. The zero-order valence-electron chi connectivity index (χ0n) is 15.3. The van der Waals surface area contributed by atoms with Gasteiger partial charge in [0.2, 0.25) is 5.13 Å². The van der Waals surface area contributed by atoms with Crippen LogP contribution in [-0.4, -0.2) is 30.5 Å². The predicted octanol–water partition coefficient (Wildman–Crippen LogP) is 3.86. The van der Waals surface area contributed by atoms with Gasteiger partial charge in [-0.2, -0.15) is 9.78 Å². The lowest BCUT2D eigenvalue weighted by Crippen LogP contribution is -2.15. The van der Waals surface area contributed by atoms with E-state index in [-0.39, 0.29) is 11.4 Å². The lowest BCUT2D eigenvalue weighted by atomic mass is 10.1. The highest BCUT2D eigenvalue weighted by Crippen LogP contribution is 2.28. The topological polar surface area (TPSA) is 146 Å². The molecule has 4 aromatic rings. The van der Waals surface area contributed by atoms with Gasteiger partial charge in [-0.05, 0) is 19.1 Å². The molecule has 150 valence electrons. The number of benzene rings is 2. The Morgan fingerprint density at radius 2 is 1.73 bits per heavy atom. The fraction of sp³-hybridized carbons (Fsp3) is 0.0556. The Morgan fingerprint density at radius 3 is 2.37 bits per heavy atom. The highest BCUT2D eigenvalue weighted by atomic mass is 32.1. The lowest BCUT2D eigenvalue weighted by Gasteiger charge is -2.06. The summed E-state index contributed by atoms with van der Waals surface area (Å²) in [5, 5.41) is 29.6. The van der Waals surface area contributed by atoms with Crippen molar-refractivity contribution in [1.82, 2.24) is 14.8 Å². The highest BCUT2D eigenvalue weighted by molar-refractivity contribution is 7.20. The van der Waals surface area contributed by atoms with Gasteiger partial charge in [0.05, 0.1) is 37.4 Å². The van der Waals surface area contributed by atoms with Crippen LogP contribution in [0.1, 0.15) is 16.1 Å². The van der Waals surface area contributed by atoms with E-state index in [1.165, 1.54) is 16.0 Å². The van der Waals surface area contributed by atoms with E-state index in [1.807, 2.05) is 24.3 Å². The van der Waals surface area contributed by atoms with Crippen molar-refractivity contribution in [1.29, 1.82) is 0 Å². The largest absolute Gasteiger partial charge is 0.306 e. The van der Waals surface area contributed by atoms with E-state index in [0.717, 1.165) is 28.4 Å². The molecule has 2 aromatic heterocycles. The van der Waals surface area contributed by atoms with Gasteiger partial charge in [0.25, 0.3) is 17.3 Å². The number of fused-ring (bicyclic) bond motifs is 1. The summed E-state index contributed by atoms with van der Waals surface area (Å²) in [6.07, 6.45) is 0. The van der Waals surface area contributed by atoms with Crippen molar-refractivity contribution in [2.24, 2.45) is 0 Å². The van der Waals surface area contributed by atoms with E-state index < -0.39 is 27.1 Å². The Hall–Kier alpha value is -4.19. The minimum Gasteiger partial charge on any atom is -0.306 e. The van der Waals surface area contributed by atoms with Gasteiger partial charge in [0.15, 0.2) is 0 Å². The smallest absolute Gasteiger partial charge is 0.277 e. The van der Waals surface area contributed by atoms with E-state index in [1.54, 1.807) is 13.0 Å². The monoisotopic (exact) mass is 424 g/mol. The number of nitro benzene ring substituents is 2. The number of rotatable bonds is 5. The first-order chi connectivity index (χ1) is 14.3. The second kappa shape index (κ2) is 7.33. The number of amides is 1. The van der Waals surface area contributed by atoms with E-state index >= 15 is 0 Å². The van der Waals surface area contributed by atoms with Crippen LogP contribution in [0.15, 0.2) is 48.5 Å². The van der Waals surface area contributed by atoms with Crippen LogP contribution in [0, 0.1) is 27.2 Å². The molecule has 30 heavy (non-hydrogen) atoms. The highest BCUT2D eigenvalue weighted by Gasteiger charge is 2.21. The van der Waals surface area contributed by atoms with Crippen molar-refractivity contribution in [2.45, 2.75) is 6.92 Å². The average Bonchev–Trinajstić information content (AvgIpc) is 3.30. The van der Waals surface area contributed by atoms with Gasteiger partial charge in [-0.15, -0.1) is 0 Å². The normalized spacial score (nSPS) is 10.8. The third-order valence-corrected chi connectivity index (χ3v) is 5.14. The number of thiazole rings is 1. The molecule has 12 heteroatoms. The number of nitro groups is 2. The van der Waals surface area contributed by atoms with Crippen LogP contribution >= 0.6 is 11.3 Å². The minimum absolute atomic E-state index is 0.217. The van der Waals surface area contributed by atoms with Gasteiger partial charge >= 0.3 is 0 Å². The van der Waals surface area contributed by atoms with Crippen LogP contribution in [-0.2, 0) is 0 Å². The molecule has 1 amide bonds. The molecule has 0 aliphatic rings. The van der Waals surface area contributed by atoms with Crippen molar-refractivity contribution in [2.75, 3.05) is 5.32 Å². The molecule has 0 radical (unpaired) electrons. The molecule has 0 aliphatic heterocycles. The first-order valence-corrected chi connectivity index (χ1v) is 9.31.